The van der Waals surface area contributed by atoms with Crippen LogP contribution in [0.5, 0.6) is 0 Å². The van der Waals surface area contributed by atoms with Gasteiger partial charge in [0.15, 0.2) is 0 Å². The van der Waals surface area contributed by atoms with Crippen molar-refractivity contribution in [3.8, 4) is 11.1 Å². The van der Waals surface area contributed by atoms with Crippen LogP contribution < -0.4 is 4.31 Å². The summed E-state index contributed by atoms with van der Waals surface area (Å²) in [5, 5.41) is 0. The first-order chi connectivity index (χ1) is 8.20. The molecule has 3 nitrogen and oxygen atoms in total. The molecule has 1 unspecified atom stereocenters. The Morgan fingerprint density at radius 1 is 1.00 bits per heavy atom. The zero-order valence-electron chi connectivity index (χ0n) is 9.37. The molecule has 88 valence electrons. The number of benzene rings is 2. The highest BCUT2D eigenvalue weighted by Crippen LogP contribution is 2.30. The molecule has 2 aromatic carbocycles. The molecule has 0 amide bonds. The fraction of sp³-hybridized carbons (Fsp3) is 0.0769. The summed E-state index contributed by atoms with van der Waals surface area (Å²) in [5.41, 5.74) is 2.58. The molecule has 2 aromatic rings. The van der Waals surface area contributed by atoms with Crippen molar-refractivity contribution in [3.63, 3.8) is 0 Å². The number of hydrogen-bond acceptors (Lipinski definition) is 2. The summed E-state index contributed by atoms with van der Waals surface area (Å²) >= 11 is -2.26. The standard InChI is InChI=1S/C13H13NO2S/c1-14(17(15)16)13-10-6-5-9-12(13)11-7-3-2-4-8-11/h2-10H,1H3,(H,15,16)/p-1. The van der Waals surface area contributed by atoms with Gasteiger partial charge in [0.25, 0.3) is 0 Å². The largest absolute Gasteiger partial charge is 0.755 e. The molecule has 0 saturated carbocycles. The van der Waals surface area contributed by atoms with Crippen LogP contribution in [0.1, 0.15) is 0 Å². The predicted octanol–water partition coefficient (Wildman–Crippen LogP) is 2.58. The van der Waals surface area contributed by atoms with Gasteiger partial charge in [-0.2, -0.15) is 0 Å². The van der Waals surface area contributed by atoms with Crippen molar-refractivity contribution in [1.29, 1.82) is 0 Å². The van der Waals surface area contributed by atoms with Crippen molar-refractivity contribution in [2.75, 3.05) is 11.4 Å². The average molecular weight is 246 g/mol. The summed E-state index contributed by atoms with van der Waals surface area (Å²) in [7, 11) is 1.53. The molecule has 0 radical (unpaired) electrons. The van der Waals surface area contributed by atoms with Crippen molar-refractivity contribution in [3.05, 3.63) is 54.6 Å². The predicted molar refractivity (Wildman–Crippen MR) is 69.2 cm³/mol. The van der Waals surface area contributed by atoms with Crippen LogP contribution >= 0.6 is 0 Å². The highest BCUT2D eigenvalue weighted by molar-refractivity contribution is 7.80. The Morgan fingerprint density at radius 3 is 2.24 bits per heavy atom. The molecular formula is C13H12NO2S-. The molecular weight excluding hydrogens is 234 g/mol. The maximum Gasteiger partial charge on any atom is 0.0557 e. The van der Waals surface area contributed by atoms with Crippen LogP contribution in [0, 0.1) is 0 Å². The Bertz CT molecular complexity index is 528. The summed E-state index contributed by atoms with van der Waals surface area (Å²) < 4.78 is 23.2. The van der Waals surface area contributed by atoms with Gasteiger partial charge in [-0.05, 0) is 11.6 Å². The van der Waals surface area contributed by atoms with E-state index in [-0.39, 0.29) is 0 Å². The molecule has 1 atom stereocenters. The minimum Gasteiger partial charge on any atom is -0.755 e. The van der Waals surface area contributed by atoms with Gasteiger partial charge in [-0.15, -0.1) is 0 Å². The van der Waals surface area contributed by atoms with Gasteiger partial charge in [0, 0.05) is 23.9 Å². The molecule has 0 heterocycles. The minimum absolute atomic E-state index is 0.673. The lowest BCUT2D eigenvalue weighted by molar-refractivity contribution is 0.535. The number of para-hydroxylation sites is 1. The Balaban J connectivity index is 2.52. The number of nitrogens with zero attached hydrogens (tertiary/aromatic N) is 1. The van der Waals surface area contributed by atoms with E-state index in [2.05, 4.69) is 0 Å². The van der Waals surface area contributed by atoms with E-state index in [1.54, 1.807) is 6.07 Å². The zero-order valence-corrected chi connectivity index (χ0v) is 10.2. The first-order valence-corrected chi connectivity index (χ1v) is 6.21. The van der Waals surface area contributed by atoms with E-state index in [1.807, 2.05) is 48.5 Å². The number of hydrogen-bond donors (Lipinski definition) is 0. The lowest BCUT2D eigenvalue weighted by Crippen LogP contribution is -2.20. The number of anilines is 1. The van der Waals surface area contributed by atoms with Crippen molar-refractivity contribution in [2.45, 2.75) is 0 Å². The van der Waals surface area contributed by atoms with Gasteiger partial charge in [0.05, 0.1) is 5.69 Å². The second kappa shape index (κ2) is 5.12. The summed E-state index contributed by atoms with van der Waals surface area (Å²) in [6.45, 7) is 0. The molecule has 0 saturated heterocycles. The summed E-state index contributed by atoms with van der Waals surface area (Å²) in [6, 6.07) is 17.1. The molecule has 0 bridgehead atoms. The Hall–Kier alpha value is -1.65. The molecule has 0 aromatic heterocycles. The van der Waals surface area contributed by atoms with Crippen LogP contribution in [0.4, 0.5) is 5.69 Å². The van der Waals surface area contributed by atoms with E-state index in [0.29, 0.717) is 5.69 Å². The molecule has 0 fully saturated rings. The second-order valence-electron chi connectivity index (χ2n) is 3.60. The smallest absolute Gasteiger partial charge is 0.0557 e. The monoisotopic (exact) mass is 246 g/mol. The van der Waals surface area contributed by atoms with Crippen molar-refractivity contribution >= 4 is 17.0 Å². The lowest BCUT2D eigenvalue weighted by atomic mass is 10.0. The Morgan fingerprint density at radius 2 is 1.59 bits per heavy atom. The molecule has 0 spiro atoms. The SMILES string of the molecule is CN(c1ccccc1-c1ccccc1)S(=O)[O-]. The van der Waals surface area contributed by atoms with Crippen LogP contribution in [0.3, 0.4) is 0 Å². The van der Waals surface area contributed by atoms with E-state index in [0.717, 1.165) is 11.1 Å². The Kier molecular flexibility index (Phi) is 3.56. The van der Waals surface area contributed by atoms with E-state index < -0.39 is 11.3 Å². The normalized spacial score (nSPS) is 12.1. The fourth-order valence-electron chi connectivity index (χ4n) is 1.69. The van der Waals surface area contributed by atoms with Crippen LogP contribution in [0.2, 0.25) is 0 Å². The van der Waals surface area contributed by atoms with Crippen LogP contribution in [-0.4, -0.2) is 15.8 Å². The van der Waals surface area contributed by atoms with Crippen molar-refractivity contribution in [2.24, 2.45) is 0 Å². The van der Waals surface area contributed by atoms with Crippen LogP contribution in [0.15, 0.2) is 54.6 Å². The molecule has 0 aliphatic carbocycles. The van der Waals surface area contributed by atoms with Crippen LogP contribution in [-0.2, 0) is 11.3 Å². The average Bonchev–Trinajstić information content (AvgIpc) is 2.39. The maximum atomic E-state index is 11.0. The molecule has 0 aliphatic heterocycles. The van der Waals surface area contributed by atoms with Gasteiger partial charge >= 0.3 is 0 Å². The first kappa shape index (κ1) is 11.8. The molecule has 0 N–H and O–H groups in total. The molecule has 0 aliphatic rings. The third-order valence-corrected chi connectivity index (χ3v) is 3.20. The summed E-state index contributed by atoms with van der Waals surface area (Å²) in [4.78, 5) is 0. The highest BCUT2D eigenvalue weighted by atomic mass is 32.2. The molecule has 2 rings (SSSR count). The van der Waals surface area contributed by atoms with Crippen molar-refractivity contribution in [1.82, 2.24) is 0 Å². The van der Waals surface area contributed by atoms with E-state index in [1.165, 1.54) is 11.4 Å². The van der Waals surface area contributed by atoms with E-state index in [9.17, 15) is 8.76 Å². The third kappa shape index (κ3) is 2.54. The van der Waals surface area contributed by atoms with E-state index >= 15 is 0 Å². The quantitative estimate of drug-likeness (QED) is 0.781. The summed E-state index contributed by atoms with van der Waals surface area (Å²) in [6.07, 6.45) is 0. The molecule has 4 heteroatoms. The first-order valence-electron chi connectivity index (χ1n) is 5.17. The van der Waals surface area contributed by atoms with Crippen molar-refractivity contribution < 1.29 is 8.76 Å². The zero-order chi connectivity index (χ0) is 12.3. The van der Waals surface area contributed by atoms with Gasteiger partial charge in [-0.1, -0.05) is 48.5 Å². The highest BCUT2D eigenvalue weighted by Gasteiger charge is 2.08. The van der Waals surface area contributed by atoms with Gasteiger partial charge in [0.1, 0.15) is 0 Å². The summed E-state index contributed by atoms with van der Waals surface area (Å²) in [5.74, 6) is 0. The van der Waals surface area contributed by atoms with E-state index in [4.69, 9.17) is 0 Å². The van der Waals surface area contributed by atoms with Crippen LogP contribution in [0.25, 0.3) is 11.1 Å². The Labute approximate surface area is 103 Å². The number of rotatable bonds is 3. The van der Waals surface area contributed by atoms with Gasteiger partial charge in [-0.25, -0.2) is 0 Å². The topological polar surface area (TPSA) is 43.4 Å². The maximum absolute atomic E-state index is 11.0. The fourth-order valence-corrected chi connectivity index (χ4v) is 2.01. The minimum atomic E-state index is -2.26. The second-order valence-corrected chi connectivity index (χ2v) is 4.58. The van der Waals surface area contributed by atoms with Gasteiger partial charge in [-0.3, -0.25) is 4.21 Å². The lowest BCUT2D eigenvalue weighted by Gasteiger charge is -2.24. The van der Waals surface area contributed by atoms with Gasteiger partial charge in [0.2, 0.25) is 0 Å². The molecule has 17 heavy (non-hydrogen) atoms. The van der Waals surface area contributed by atoms with Gasteiger partial charge < -0.3 is 8.86 Å². The third-order valence-electron chi connectivity index (χ3n) is 2.55.